The highest BCUT2D eigenvalue weighted by molar-refractivity contribution is 7.20. The Morgan fingerprint density at radius 3 is 2.57 bits per heavy atom. The molecule has 0 atom stereocenters. The number of anilines is 1. The van der Waals surface area contributed by atoms with E-state index < -0.39 is 5.54 Å². The smallest absolute Gasteiger partial charge is 0.262 e. The first kappa shape index (κ1) is 25.0. The SMILES string of the molecule is COc1cccc(C(C)(C)NC(=O)c2cc3c(NC(=O)c4ccc(CN5CCCC5)cc4)n[nH]c3s2)c1. The van der Waals surface area contributed by atoms with Crippen LogP contribution in [-0.2, 0) is 12.1 Å². The van der Waals surface area contributed by atoms with Gasteiger partial charge in [-0.2, -0.15) is 5.10 Å². The van der Waals surface area contributed by atoms with Gasteiger partial charge in [-0.25, -0.2) is 0 Å². The maximum absolute atomic E-state index is 13.1. The number of benzene rings is 2. The van der Waals surface area contributed by atoms with E-state index in [0.29, 0.717) is 21.6 Å². The predicted octanol–water partition coefficient (Wildman–Crippen LogP) is 5.15. The van der Waals surface area contributed by atoms with Crippen molar-refractivity contribution >= 4 is 39.2 Å². The van der Waals surface area contributed by atoms with E-state index in [1.54, 1.807) is 13.2 Å². The highest BCUT2D eigenvalue weighted by Gasteiger charge is 2.26. The van der Waals surface area contributed by atoms with Crippen LogP contribution in [0.25, 0.3) is 10.2 Å². The second-order valence-electron chi connectivity index (χ2n) is 9.87. The third-order valence-corrected chi connectivity index (χ3v) is 7.79. The Balaban J connectivity index is 1.26. The van der Waals surface area contributed by atoms with Crippen LogP contribution < -0.4 is 15.4 Å². The van der Waals surface area contributed by atoms with E-state index in [0.717, 1.165) is 35.8 Å². The first-order valence-electron chi connectivity index (χ1n) is 12.4. The van der Waals surface area contributed by atoms with Crippen molar-refractivity contribution < 1.29 is 14.3 Å². The Labute approximate surface area is 220 Å². The largest absolute Gasteiger partial charge is 0.497 e. The summed E-state index contributed by atoms with van der Waals surface area (Å²) in [6.45, 7) is 7.08. The number of likely N-dealkylation sites (tertiary alicyclic amines) is 1. The minimum Gasteiger partial charge on any atom is -0.497 e. The molecule has 8 nitrogen and oxygen atoms in total. The summed E-state index contributed by atoms with van der Waals surface area (Å²) in [5, 5.41) is 13.9. The summed E-state index contributed by atoms with van der Waals surface area (Å²) in [7, 11) is 1.62. The molecular formula is C28H31N5O3S. The number of ether oxygens (including phenoxy) is 1. The summed E-state index contributed by atoms with van der Waals surface area (Å²) in [6, 6.07) is 17.1. The molecule has 3 N–H and O–H groups in total. The van der Waals surface area contributed by atoms with Gasteiger partial charge in [0.2, 0.25) is 0 Å². The van der Waals surface area contributed by atoms with Crippen molar-refractivity contribution in [3.05, 3.63) is 76.2 Å². The van der Waals surface area contributed by atoms with Gasteiger partial charge >= 0.3 is 0 Å². The molecule has 2 aromatic heterocycles. The number of aromatic nitrogens is 2. The number of nitrogens with zero attached hydrogens (tertiary/aromatic N) is 2. The summed E-state index contributed by atoms with van der Waals surface area (Å²) in [5.74, 6) is 0.700. The lowest BCUT2D eigenvalue weighted by Crippen LogP contribution is -2.40. The van der Waals surface area contributed by atoms with Gasteiger partial charge in [0.15, 0.2) is 5.82 Å². The number of methoxy groups -OCH3 is 1. The molecule has 0 spiro atoms. The van der Waals surface area contributed by atoms with Gasteiger partial charge < -0.3 is 15.4 Å². The van der Waals surface area contributed by atoms with Crippen LogP contribution in [0.15, 0.2) is 54.6 Å². The van der Waals surface area contributed by atoms with Crippen molar-refractivity contribution in [3.63, 3.8) is 0 Å². The number of thiophene rings is 1. The Morgan fingerprint density at radius 2 is 1.84 bits per heavy atom. The molecule has 0 saturated carbocycles. The molecule has 5 rings (SSSR count). The van der Waals surface area contributed by atoms with E-state index >= 15 is 0 Å². The van der Waals surface area contributed by atoms with Crippen LogP contribution in [0.5, 0.6) is 5.75 Å². The van der Waals surface area contributed by atoms with Crippen LogP contribution in [0.4, 0.5) is 5.82 Å². The number of amides is 2. The monoisotopic (exact) mass is 517 g/mol. The molecule has 2 aromatic carbocycles. The van der Waals surface area contributed by atoms with E-state index in [2.05, 4.69) is 25.7 Å². The van der Waals surface area contributed by atoms with Crippen LogP contribution in [0.1, 0.15) is 57.8 Å². The summed E-state index contributed by atoms with van der Waals surface area (Å²) in [4.78, 5) is 29.7. The molecule has 3 heterocycles. The summed E-state index contributed by atoms with van der Waals surface area (Å²) in [5.41, 5.74) is 2.09. The lowest BCUT2D eigenvalue weighted by atomic mass is 9.94. The highest BCUT2D eigenvalue weighted by atomic mass is 32.1. The fourth-order valence-electron chi connectivity index (χ4n) is 4.59. The van der Waals surface area contributed by atoms with Crippen LogP contribution in [0.2, 0.25) is 0 Å². The van der Waals surface area contributed by atoms with Crippen molar-refractivity contribution in [2.24, 2.45) is 0 Å². The zero-order valence-corrected chi connectivity index (χ0v) is 22.1. The summed E-state index contributed by atoms with van der Waals surface area (Å²) < 4.78 is 5.32. The van der Waals surface area contributed by atoms with Gasteiger partial charge in [-0.15, -0.1) is 11.3 Å². The molecule has 0 bridgehead atoms. The topological polar surface area (TPSA) is 99.3 Å². The number of hydrogen-bond donors (Lipinski definition) is 3. The molecule has 1 aliphatic rings. The molecule has 1 aliphatic heterocycles. The Hall–Kier alpha value is -3.69. The van der Waals surface area contributed by atoms with Crippen LogP contribution in [-0.4, -0.2) is 47.1 Å². The molecule has 2 amide bonds. The zero-order chi connectivity index (χ0) is 26.0. The number of hydrogen-bond acceptors (Lipinski definition) is 6. The van der Waals surface area contributed by atoms with Crippen molar-refractivity contribution in [3.8, 4) is 5.75 Å². The zero-order valence-electron chi connectivity index (χ0n) is 21.3. The maximum Gasteiger partial charge on any atom is 0.262 e. The van der Waals surface area contributed by atoms with Gasteiger partial charge in [0.25, 0.3) is 11.8 Å². The third kappa shape index (κ3) is 5.52. The maximum atomic E-state index is 13.1. The molecule has 192 valence electrons. The number of nitrogens with one attached hydrogen (secondary N) is 3. The number of carbonyl (C=O) groups excluding carboxylic acids is 2. The van der Waals surface area contributed by atoms with Crippen molar-refractivity contribution in [1.29, 1.82) is 0 Å². The summed E-state index contributed by atoms with van der Waals surface area (Å²) in [6.07, 6.45) is 2.51. The first-order chi connectivity index (χ1) is 17.8. The average Bonchev–Trinajstić information content (AvgIpc) is 3.63. The molecule has 37 heavy (non-hydrogen) atoms. The van der Waals surface area contributed by atoms with E-state index in [1.165, 1.54) is 29.7 Å². The molecule has 0 aliphatic carbocycles. The lowest BCUT2D eigenvalue weighted by Gasteiger charge is -2.27. The summed E-state index contributed by atoms with van der Waals surface area (Å²) >= 11 is 1.30. The number of aromatic amines is 1. The van der Waals surface area contributed by atoms with Crippen LogP contribution >= 0.6 is 11.3 Å². The second-order valence-corrected chi connectivity index (χ2v) is 10.9. The van der Waals surface area contributed by atoms with Gasteiger partial charge in [0, 0.05) is 12.1 Å². The lowest BCUT2D eigenvalue weighted by molar-refractivity contribution is 0.0915. The van der Waals surface area contributed by atoms with Crippen molar-refractivity contribution in [2.45, 2.75) is 38.8 Å². The molecule has 9 heteroatoms. The Morgan fingerprint density at radius 1 is 1.08 bits per heavy atom. The molecule has 1 fully saturated rings. The molecular weight excluding hydrogens is 486 g/mol. The Bertz CT molecular complexity index is 1420. The van der Waals surface area contributed by atoms with Gasteiger partial charge in [-0.1, -0.05) is 24.3 Å². The highest BCUT2D eigenvalue weighted by Crippen LogP contribution is 2.31. The van der Waals surface area contributed by atoms with Gasteiger partial charge in [0.05, 0.1) is 22.9 Å². The average molecular weight is 518 g/mol. The van der Waals surface area contributed by atoms with E-state index in [9.17, 15) is 9.59 Å². The number of H-pyrrole nitrogens is 1. The van der Waals surface area contributed by atoms with E-state index in [1.807, 2.05) is 62.4 Å². The van der Waals surface area contributed by atoms with Gasteiger partial charge in [0.1, 0.15) is 10.6 Å². The third-order valence-electron chi connectivity index (χ3n) is 6.75. The number of carbonyl (C=O) groups is 2. The predicted molar refractivity (Wildman–Crippen MR) is 146 cm³/mol. The van der Waals surface area contributed by atoms with Crippen molar-refractivity contribution in [1.82, 2.24) is 20.4 Å². The minimum atomic E-state index is -0.612. The second kappa shape index (κ2) is 10.4. The normalized spacial score (nSPS) is 14.1. The van der Waals surface area contributed by atoms with E-state index in [-0.39, 0.29) is 11.8 Å². The molecule has 0 radical (unpaired) electrons. The number of rotatable bonds is 8. The van der Waals surface area contributed by atoms with Crippen molar-refractivity contribution in [2.75, 3.05) is 25.5 Å². The fourth-order valence-corrected chi connectivity index (χ4v) is 5.49. The number of fused-ring (bicyclic) bond motifs is 1. The van der Waals surface area contributed by atoms with Crippen LogP contribution in [0, 0.1) is 0 Å². The fraction of sp³-hybridized carbons (Fsp3) is 0.321. The molecule has 1 saturated heterocycles. The van der Waals surface area contributed by atoms with Gasteiger partial charge in [-0.05, 0) is 81.2 Å². The van der Waals surface area contributed by atoms with E-state index in [4.69, 9.17) is 4.74 Å². The first-order valence-corrected chi connectivity index (χ1v) is 13.2. The molecule has 0 unspecified atom stereocenters. The van der Waals surface area contributed by atoms with Gasteiger partial charge in [-0.3, -0.25) is 19.6 Å². The molecule has 4 aromatic rings. The minimum absolute atomic E-state index is 0.201. The van der Waals surface area contributed by atoms with Crippen LogP contribution in [0.3, 0.4) is 0 Å². The standard InChI is InChI=1S/C28H31N5O3S/c1-28(2,20-7-6-8-21(15-20)36-3)30-26(35)23-16-22-24(31-32-27(22)37-23)29-25(34)19-11-9-18(10-12-19)17-33-13-4-5-14-33/h6-12,15-16H,4-5,13-14,17H2,1-3H3,(H,30,35)(H2,29,31,32,34). The Kier molecular flexibility index (Phi) is 6.99. The quantitative estimate of drug-likeness (QED) is 0.300.